The predicted octanol–water partition coefficient (Wildman–Crippen LogP) is 6.61. The van der Waals surface area contributed by atoms with Gasteiger partial charge in [0.05, 0.1) is 12.1 Å². The van der Waals surface area contributed by atoms with Gasteiger partial charge in [-0.25, -0.2) is 0 Å². The van der Waals surface area contributed by atoms with Gasteiger partial charge in [0.1, 0.15) is 5.75 Å². The van der Waals surface area contributed by atoms with Gasteiger partial charge >= 0.3 is 0 Å². The molecule has 0 aliphatic carbocycles. The quantitative estimate of drug-likeness (QED) is 0.452. The normalized spacial score (nSPS) is 18.4. The molecule has 1 N–H and O–H groups in total. The molecule has 3 nitrogen and oxygen atoms in total. The largest absolute Gasteiger partial charge is 0.495 e. The van der Waals surface area contributed by atoms with Crippen molar-refractivity contribution in [2.45, 2.75) is 25.7 Å². The maximum atomic E-state index is 6.31. The van der Waals surface area contributed by atoms with Crippen LogP contribution in [0.25, 0.3) is 0 Å². The number of halogens is 1. The Morgan fingerprint density at radius 2 is 1.77 bits per heavy atom. The summed E-state index contributed by atoms with van der Waals surface area (Å²) in [6.07, 6.45) is 0. The van der Waals surface area contributed by atoms with Crippen molar-refractivity contribution in [1.82, 2.24) is 5.32 Å². The van der Waals surface area contributed by atoms with Crippen molar-refractivity contribution in [3.8, 4) is 5.75 Å². The first-order valence-corrected chi connectivity index (χ1v) is 11.4. The Morgan fingerprint density at radius 1 is 0.968 bits per heavy atom. The number of benzene rings is 3. The lowest BCUT2D eigenvalue weighted by Crippen LogP contribution is -2.29. The minimum absolute atomic E-state index is 0.485. The van der Waals surface area contributed by atoms with Crippen LogP contribution in [0.2, 0.25) is 5.02 Å². The lowest BCUT2D eigenvalue weighted by molar-refractivity contribution is 0.415. The minimum Gasteiger partial charge on any atom is -0.495 e. The number of nitrogens with zero attached hydrogens (tertiary/aromatic N) is 1. The first kappa shape index (κ1) is 21.7. The third-order valence-corrected chi connectivity index (χ3v) is 6.59. The van der Waals surface area contributed by atoms with Crippen molar-refractivity contribution in [3.63, 3.8) is 0 Å². The molecule has 0 aromatic heterocycles. The number of methoxy groups -OCH3 is 1. The minimum atomic E-state index is 0.485. The van der Waals surface area contributed by atoms with Crippen molar-refractivity contribution in [3.05, 3.63) is 88.9 Å². The summed E-state index contributed by atoms with van der Waals surface area (Å²) in [5.74, 6) is 2.21. The Balaban J connectivity index is 1.66. The summed E-state index contributed by atoms with van der Waals surface area (Å²) >= 11 is 6.31. The molecule has 0 bridgehead atoms. The third kappa shape index (κ3) is 4.89. The van der Waals surface area contributed by atoms with Gasteiger partial charge in [0.15, 0.2) is 0 Å². The van der Waals surface area contributed by atoms with E-state index in [4.69, 9.17) is 16.3 Å². The van der Waals surface area contributed by atoms with Crippen LogP contribution in [0.1, 0.15) is 36.8 Å². The molecular weight excluding hydrogens is 404 g/mol. The summed E-state index contributed by atoms with van der Waals surface area (Å²) in [5.41, 5.74) is 5.11. The van der Waals surface area contributed by atoms with Crippen LogP contribution in [0.5, 0.6) is 5.75 Å². The highest BCUT2D eigenvalue weighted by Gasteiger charge is 2.31. The fourth-order valence-electron chi connectivity index (χ4n) is 4.48. The van der Waals surface area contributed by atoms with E-state index in [1.54, 1.807) is 7.11 Å². The molecule has 2 atom stereocenters. The summed E-state index contributed by atoms with van der Waals surface area (Å²) in [5, 5.41) is 4.27. The zero-order chi connectivity index (χ0) is 21.8. The van der Waals surface area contributed by atoms with Gasteiger partial charge in [-0.2, -0.15) is 0 Å². The Hall–Kier alpha value is -2.49. The van der Waals surface area contributed by atoms with Crippen LogP contribution in [-0.4, -0.2) is 26.7 Å². The highest BCUT2D eigenvalue weighted by atomic mass is 35.5. The molecule has 1 saturated heterocycles. The van der Waals surface area contributed by atoms with Gasteiger partial charge in [-0.1, -0.05) is 67.9 Å². The molecule has 0 amide bonds. The summed E-state index contributed by atoms with van der Waals surface area (Å²) in [4.78, 5) is 2.38. The number of rotatable bonds is 7. The summed E-state index contributed by atoms with van der Waals surface area (Å²) in [7, 11) is 1.66. The molecule has 3 aromatic rings. The molecule has 1 aliphatic heterocycles. The van der Waals surface area contributed by atoms with Gasteiger partial charge in [-0.05, 0) is 47.2 Å². The second kappa shape index (κ2) is 9.76. The van der Waals surface area contributed by atoms with Gasteiger partial charge in [-0.3, -0.25) is 0 Å². The molecule has 3 aromatic carbocycles. The fourth-order valence-corrected chi connectivity index (χ4v) is 4.68. The van der Waals surface area contributed by atoms with Crippen LogP contribution in [0.3, 0.4) is 0 Å². The topological polar surface area (TPSA) is 24.5 Å². The van der Waals surface area contributed by atoms with Crippen molar-refractivity contribution in [1.29, 1.82) is 0 Å². The van der Waals surface area contributed by atoms with E-state index in [1.807, 2.05) is 12.1 Å². The number of anilines is 2. The molecule has 4 rings (SSSR count). The lowest BCUT2D eigenvalue weighted by Gasteiger charge is -2.31. The summed E-state index contributed by atoms with van der Waals surface area (Å²) in [6.45, 7) is 7.45. The van der Waals surface area contributed by atoms with Crippen LogP contribution in [0, 0.1) is 5.92 Å². The molecule has 162 valence electrons. The first-order chi connectivity index (χ1) is 15.1. The highest BCUT2D eigenvalue weighted by molar-refractivity contribution is 6.32. The van der Waals surface area contributed by atoms with Crippen LogP contribution in [-0.2, 0) is 0 Å². The second-order valence-electron chi connectivity index (χ2n) is 8.61. The molecule has 0 saturated carbocycles. The maximum Gasteiger partial charge on any atom is 0.139 e. The van der Waals surface area contributed by atoms with Gasteiger partial charge < -0.3 is 15.0 Å². The van der Waals surface area contributed by atoms with Crippen molar-refractivity contribution in [2.75, 3.05) is 31.6 Å². The van der Waals surface area contributed by atoms with Crippen molar-refractivity contribution < 1.29 is 4.74 Å². The average molecular weight is 435 g/mol. The smallest absolute Gasteiger partial charge is 0.139 e. The summed E-state index contributed by atoms with van der Waals surface area (Å²) in [6, 6.07) is 25.7. The fraction of sp³-hybridized carbons (Fsp3) is 0.333. The maximum absolute atomic E-state index is 6.31. The molecular formula is C27H31ClN2O. The SMILES string of the molecule is COc1cc(N(C[C@H]2CNC[C@H]2c2cccc(C(C)C)c2)c2ccccc2)ccc1Cl. The molecule has 0 radical (unpaired) electrons. The van der Waals surface area contributed by atoms with Gasteiger partial charge in [-0.15, -0.1) is 0 Å². The molecule has 4 heteroatoms. The first-order valence-electron chi connectivity index (χ1n) is 11.0. The highest BCUT2D eigenvalue weighted by Crippen LogP contribution is 2.37. The zero-order valence-electron chi connectivity index (χ0n) is 18.5. The Kier molecular flexibility index (Phi) is 6.84. The summed E-state index contributed by atoms with van der Waals surface area (Å²) < 4.78 is 5.50. The number of hydrogen-bond acceptors (Lipinski definition) is 3. The molecule has 1 aliphatic rings. The van der Waals surface area contributed by atoms with Crippen LogP contribution < -0.4 is 15.0 Å². The van der Waals surface area contributed by atoms with Crippen LogP contribution in [0.15, 0.2) is 72.8 Å². The monoisotopic (exact) mass is 434 g/mol. The van der Waals surface area contributed by atoms with Crippen LogP contribution >= 0.6 is 11.6 Å². The molecule has 0 spiro atoms. The molecule has 0 unspecified atom stereocenters. The standard InChI is InChI=1S/C27H31ClN2O/c1-19(2)20-8-7-9-21(14-20)25-17-29-16-22(25)18-30(23-10-5-4-6-11-23)24-12-13-26(28)27(15-24)31-3/h4-15,19,22,25,29H,16-18H2,1-3H3/t22-,25+/m1/s1. The number of para-hydroxylation sites is 1. The van der Waals surface area contributed by atoms with E-state index in [0.29, 0.717) is 28.5 Å². The Labute approximate surface area is 191 Å². The van der Waals surface area contributed by atoms with Crippen molar-refractivity contribution >= 4 is 23.0 Å². The molecule has 31 heavy (non-hydrogen) atoms. The van der Waals surface area contributed by atoms with Gasteiger partial charge in [0.2, 0.25) is 0 Å². The Morgan fingerprint density at radius 3 is 2.52 bits per heavy atom. The molecule has 1 heterocycles. The average Bonchev–Trinajstić information content (AvgIpc) is 3.27. The van der Waals surface area contributed by atoms with E-state index in [-0.39, 0.29) is 0 Å². The third-order valence-electron chi connectivity index (χ3n) is 6.28. The van der Waals surface area contributed by atoms with Crippen LogP contribution in [0.4, 0.5) is 11.4 Å². The van der Waals surface area contributed by atoms with E-state index in [2.05, 4.69) is 84.7 Å². The van der Waals surface area contributed by atoms with E-state index < -0.39 is 0 Å². The van der Waals surface area contributed by atoms with E-state index in [1.165, 1.54) is 16.8 Å². The lowest BCUT2D eigenvalue weighted by atomic mass is 9.86. The van der Waals surface area contributed by atoms with E-state index >= 15 is 0 Å². The zero-order valence-corrected chi connectivity index (χ0v) is 19.3. The number of ether oxygens (including phenoxy) is 1. The number of nitrogens with one attached hydrogen (secondary N) is 1. The van der Waals surface area contributed by atoms with Crippen molar-refractivity contribution in [2.24, 2.45) is 5.92 Å². The number of hydrogen-bond donors (Lipinski definition) is 1. The van der Waals surface area contributed by atoms with E-state index in [9.17, 15) is 0 Å². The Bertz CT molecular complexity index is 1010. The van der Waals surface area contributed by atoms with E-state index in [0.717, 1.165) is 25.3 Å². The predicted molar refractivity (Wildman–Crippen MR) is 131 cm³/mol. The second-order valence-corrected chi connectivity index (χ2v) is 9.02. The van der Waals surface area contributed by atoms with Gasteiger partial charge in [0, 0.05) is 43.0 Å². The molecule has 1 fully saturated rings. The van der Waals surface area contributed by atoms with Gasteiger partial charge in [0.25, 0.3) is 0 Å².